The number of anilines is 2. The molecule has 1 aliphatic heterocycles. The minimum atomic E-state index is -0.0434. The van der Waals surface area contributed by atoms with Crippen molar-refractivity contribution in [3.8, 4) is 5.75 Å². The number of halogens is 2. The summed E-state index contributed by atoms with van der Waals surface area (Å²) >= 11 is 13.3. The number of hydrogen-bond donors (Lipinski definition) is 1. The Hall–Kier alpha value is -2.35. The van der Waals surface area contributed by atoms with E-state index in [0.29, 0.717) is 20.9 Å². The summed E-state index contributed by atoms with van der Waals surface area (Å²) in [6.45, 7) is 1.91. The third-order valence-electron chi connectivity index (χ3n) is 4.91. The van der Waals surface area contributed by atoms with Crippen LogP contribution in [-0.2, 0) is 11.4 Å². The molecule has 4 rings (SSSR count). The molecule has 6 nitrogen and oxygen atoms in total. The van der Waals surface area contributed by atoms with E-state index in [9.17, 15) is 4.79 Å². The van der Waals surface area contributed by atoms with Crippen LogP contribution in [0.25, 0.3) is 0 Å². The Morgan fingerprint density at radius 2 is 1.87 bits per heavy atom. The van der Waals surface area contributed by atoms with Gasteiger partial charge in [0.05, 0.1) is 0 Å². The average molecular weight is 463 g/mol. The van der Waals surface area contributed by atoms with Gasteiger partial charge >= 0.3 is 0 Å². The van der Waals surface area contributed by atoms with Crippen molar-refractivity contribution in [1.29, 1.82) is 0 Å². The number of nitrogens with one attached hydrogen (secondary N) is 1. The third kappa shape index (κ3) is 5.41. The van der Waals surface area contributed by atoms with Crippen LogP contribution >= 0.6 is 34.5 Å². The first kappa shape index (κ1) is 20.9. The molecule has 3 aromatic rings. The van der Waals surface area contributed by atoms with Gasteiger partial charge in [-0.05, 0) is 55.3 Å². The Morgan fingerprint density at radius 3 is 2.60 bits per heavy atom. The van der Waals surface area contributed by atoms with E-state index in [2.05, 4.69) is 20.4 Å². The topological polar surface area (TPSA) is 67.3 Å². The smallest absolute Gasteiger partial charge is 0.229 e. The molecule has 2 heterocycles. The first-order valence-corrected chi connectivity index (χ1v) is 11.2. The number of hydrogen-bond acceptors (Lipinski definition) is 6. The minimum absolute atomic E-state index is 0.0120. The maximum atomic E-state index is 12.6. The molecule has 1 aromatic heterocycles. The molecule has 156 valence electrons. The van der Waals surface area contributed by atoms with Gasteiger partial charge in [-0.3, -0.25) is 4.79 Å². The minimum Gasteiger partial charge on any atom is -0.486 e. The van der Waals surface area contributed by atoms with E-state index in [0.717, 1.165) is 36.6 Å². The van der Waals surface area contributed by atoms with E-state index in [1.807, 2.05) is 24.3 Å². The highest BCUT2D eigenvalue weighted by atomic mass is 35.5. The molecule has 1 aliphatic rings. The second-order valence-electron chi connectivity index (χ2n) is 6.97. The zero-order valence-corrected chi connectivity index (χ0v) is 18.4. The summed E-state index contributed by atoms with van der Waals surface area (Å²) in [6, 6.07) is 14.9. The number of rotatable bonds is 6. The lowest BCUT2D eigenvalue weighted by molar-refractivity contribution is -0.120. The van der Waals surface area contributed by atoms with Crippen LogP contribution in [0.1, 0.15) is 17.8 Å². The van der Waals surface area contributed by atoms with E-state index >= 15 is 0 Å². The third-order valence-corrected chi connectivity index (χ3v) is 6.21. The van der Waals surface area contributed by atoms with Crippen LogP contribution in [0.15, 0.2) is 48.5 Å². The quantitative estimate of drug-likeness (QED) is 0.539. The van der Waals surface area contributed by atoms with Gasteiger partial charge in [0.1, 0.15) is 12.4 Å². The number of aromatic nitrogens is 2. The van der Waals surface area contributed by atoms with Crippen LogP contribution in [0, 0.1) is 5.92 Å². The van der Waals surface area contributed by atoms with Gasteiger partial charge in [0, 0.05) is 34.7 Å². The van der Waals surface area contributed by atoms with Gasteiger partial charge < -0.3 is 15.0 Å². The van der Waals surface area contributed by atoms with E-state index in [-0.39, 0.29) is 18.4 Å². The number of piperidine rings is 1. The van der Waals surface area contributed by atoms with Crippen LogP contribution in [0.5, 0.6) is 5.75 Å². The lowest BCUT2D eigenvalue weighted by Crippen LogP contribution is -2.38. The molecule has 9 heteroatoms. The molecule has 0 atom stereocenters. The molecule has 0 aliphatic carbocycles. The summed E-state index contributed by atoms with van der Waals surface area (Å²) in [5, 5.41) is 13.6. The van der Waals surface area contributed by atoms with Gasteiger partial charge in [0.15, 0.2) is 5.01 Å². The Bertz CT molecular complexity index is 1000. The molecule has 1 fully saturated rings. The first-order valence-electron chi connectivity index (χ1n) is 9.59. The number of carbonyl (C=O) groups excluding carboxylic acids is 1. The molecule has 1 saturated heterocycles. The molecule has 0 radical (unpaired) electrons. The van der Waals surface area contributed by atoms with E-state index in [1.54, 1.807) is 24.3 Å². The molecular weight excluding hydrogens is 443 g/mol. The molecular formula is C21H20Cl2N4O2S. The number of benzene rings is 2. The zero-order chi connectivity index (χ0) is 20.9. The van der Waals surface area contributed by atoms with E-state index in [4.69, 9.17) is 27.9 Å². The van der Waals surface area contributed by atoms with E-state index < -0.39 is 0 Å². The lowest BCUT2D eigenvalue weighted by atomic mass is 9.95. The number of amides is 1. The fourth-order valence-electron chi connectivity index (χ4n) is 3.32. The molecule has 0 unspecified atom stereocenters. The van der Waals surface area contributed by atoms with Crippen LogP contribution < -0.4 is 15.0 Å². The number of ether oxygens (including phenoxy) is 1. The second-order valence-corrected chi connectivity index (χ2v) is 8.91. The highest BCUT2D eigenvalue weighted by molar-refractivity contribution is 7.15. The van der Waals surface area contributed by atoms with Crippen molar-refractivity contribution in [2.45, 2.75) is 19.4 Å². The Labute approximate surface area is 188 Å². The Kier molecular flexibility index (Phi) is 6.72. The fraction of sp³-hybridized carbons (Fsp3) is 0.286. The monoisotopic (exact) mass is 462 g/mol. The van der Waals surface area contributed by atoms with Gasteiger partial charge in [-0.2, -0.15) is 0 Å². The zero-order valence-electron chi connectivity index (χ0n) is 16.1. The maximum Gasteiger partial charge on any atom is 0.229 e. The van der Waals surface area contributed by atoms with Gasteiger partial charge in [0.2, 0.25) is 11.0 Å². The predicted octanol–water partition coefficient (Wildman–Crippen LogP) is 5.28. The summed E-state index contributed by atoms with van der Waals surface area (Å²) in [6.07, 6.45) is 1.56. The van der Waals surface area contributed by atoms with Crippen molar-refractivity contribution in [3.05, 3.63) is 63.6 Å². The number of carbonyl (C=O) groups is 1. The molecule has 2 aromatic carbocycles. The highest BCUT2D eigenvalue weighted by Gasteiger charge is 2.26. The molecule has 1 N–H and O–H groups in total. The van der Waals surface area contributed by atoms with Crippen molar-refractivity contribution in [2.24, 2.45) is 5.92 Å². The van der Waals surface area contributed by atoms with E-state index in [1.165, 1.54) is 11.3 Å². The molecule has 0 saturated carbocycles. The first-order chi connectivity index (χ1) is 14.6. The molecule has 0 bridgehead atoms. The Morgan fingerprint density at radius 1 is 1.10 bits per heavy atom. The average Bonchev–Trinajstić information content (AvgIpc) is 3.21. The van der Waals surface area contributed by atoms with Gasteiger partial charge in [-0.15, -0.1) is 10.2 Å². The fourth-order valence-corrected chi connectivity index (χ4v) is 4.28. The largest absolute Gasteiger partial charge is 0.486 e. The lowest BCUT2D eigenvalue weighted by Gasteiger charge is -2.32. The highest BCUT2D eigenvalue weighted by Crippen LogP contribution is 2.27. The van der Waals surface area contributed by atoms with Crippen molar-refractivity contribution in [1.82, 2.24) is 10.2 Å². The Balaban J connectivity index is 1.26. The van der Waals surface area contributed by atoms with Gasteiger partial charge in [0.25, 0.3) is 0 Å². The maximum absolute atomic E-state index is 12.6. The summed E-state index contributed by atoms with van der Waals surface area (Å²) in [5.41, 5.74) is 1.09. The summed E-state index contributed by atoms with van der Waals surface area (Å²) in [5.74, 6) is 0.645. The predicted molar refractivity (Wildman–Crippen MR) is 121 cm³/mol. The summed E-state index contributed by atoms with van der Waals surface area (Å²) < 4.78 is 5.67. The van der Waals surface area contributed by atoms with Crippen molar-refractivity contribution < 1.29 is 9.53 Å². The second kappa shape index (κ2) is 9.64. The van der Waals surface area contributed by atoms with Crippen LogP contribution in [0.3, 0.4) is 0 Å². The van der Waals surface area contributed by atoms with Crippen molar-refractivity contribution >= 4 is 51.3 Å². The molecule has 30 heavy (non-hydrogen) atoms. The van der Waals surface area contributed by atoms with Crippen LogP contribution in [0.2, 0.25) is 10.0 Å². The van der Waals surface area contributed by atoms with Gasteiger partial charge in [-0.25, -0.2) is 0 Å². The summed E-state index contributed by atoms with van der Waals surface area (Å²) in [4.78, 5) is 14.9. The normalized spacial score (nSPS) is 14.5. The van der Waals surface area contributed by atoms with Gasteiger partial charge in [-0.1, -0.05) is 40.6 Å². The molecule has 1 amide bonds. The standard InChI is InChI=1S/C21H20Cl2N4O2S/c22-15-4-6-18(7-5-15)29-13-19-25-26-21(30-19)24-20(28)14-8-10-27(11-9-14)17-3-1-2-16(23)12-17/h1-7,12,14H,8-11,13H2,(H,24,26,28). The molecule has 0 spiro atoms. The SMILES string of the molecule is O=C(Nc1nnc(COc2ccc(Cl)cc2)s1)C1CCN(c2cccc(Cl)c2)CC1. The van der Waals surface area contributed by atoms with Crippen molar-refractivity contribution in [3.63, 3.8) is 0 Å². The number of nitrogens with zero attached hydrogens (tertiary/aromatic N) is 3. The van der Waals surface area contributed by atoms with Crippen LogP contribution in [0.4, 0.5) is 10.8 Å². The van der Waals surface area contributed by atoms with Crippen molar-refractivity contribution in [2.75, 3.05) is 23.3 Å². The summed E-state index contributed by atoms with van der Waals surface area (Å²) in [7, 11) is 0. The van der Waals surface area contributed by atoms with Crippen LogP contribution in [-0.4, -0.2) is 29.2 Å².